The van der Waals surface area contributed by atoms with Crippen LogP contribution in [0.2, 0.25) is 0 Å². The molecule has 3 rings (SSSR count). The Morgan fingerprint density at radius 1 is 1.08 bits per heavy atom. The van der Waals surface area contributed by atoms with Crippen molar-refractivity contribution in [1.29, 1.82) is 0 Å². The van der Waals surface area contributed by atoms with E-state index in [-0.39, 0.29) is 30.8 Å². The van der Waals surface area contributed by atoms with Gasteiger partial charge in [0.2, 0.25) is 5.91 Å². The molecule has 0 radical (unpaired) electrons. The maximum atomic E-state index is 12.6. The van der Waals surface area contributed by atoms with E-state index in [0.717, 1.165) is 21.2 Å². The second-order valence-corrected chi connectivity index (χ2v) is 6.71. The van der Waals surface area contributed by atoms with Gasteiger partial charge in [-0.2, -0.15) is 0 Å². The van der Waals surface area contributed by atoms with Crippen molar-refractivity contribution in [2.24, 2.45) is 0 Å². The van der Waals surface area contributed by atoms with Gasteiger partial charge in [0.25, 0.3) is 0 Å². The van der Waals surface area contributed by atoms with Gasteiger partial charge in [0.15, 0.2) is 0 Å². The fraction of sp³-hybridized carbons (Fsp3) is 0.200. The maximum Gasteiger partial charge on any atom is 0.307 e. The highest BCUT2D eigenvalue weighted by Crippen LogP contribution is 2.23. The van der Waals surface area contributed by atoms with Crippen molar-refractivity contribution >= 4 is 34.0 Å². The second-order valence-electron chi connectivity index (χ2n) is 5.73. The molecule has 1 aromatic heterocycles. The van der Waals surface area contributed by atoms with Crippen molar-refractivity contribution in [2.75, 3.05) is 7.11 Å². The Balaban J connectivity index is 1.76. The van der Waals surface area contributed by atoms with Crippen molar-refractivity contribution in [3.05, 3.63) is 70.4 Å². The molecule has 0 bridgehead atoms. The SMILES string of the molecule is COC(=O)C[C@H](NC(=O)Cc1cccc2ccccc12)c1cccs1. The molecule has 0 saturated heterocycles. The lowest BCUT2D eigenvalue weighted by atomic mass is 10.0. The summed E-state index contributed by atoms with van der Waals surface area (Å²) in [5.74, 6) is -0.456. The Labute approximate surface area is 150 Å². The van der Waals surface area contributed by atoms with Crippen molar-refractivity contribution in [3.8, 4) is 0 Å². The topological polar surface area (TPSA) is 55.4 Å². The summed E-state index contributed by atoms with van der Waals surface area (Å²) in [6.45, 7) is 0. The molecule has 2 aromatic carbocycles. The molecule has 1 atom stereocenters. The lowest BCUT2D eigenvalue weighted by molar-refractivity contribution is -0.141. The molecule has 0 aliphatic heterocycles. The van der Waals surface area contributed by atoms with Gasteiger partial charge in [0, 0.05) is 4.88 Å². The van der Waals surface area contributed by atoms with Gasteiger partial charge in [-0.25, -0.2) is 0 Å². The normalized spacial score (nSPS) is 11.9. The molecular weight excluding hydrogens is 334 g/mol. The highest BCUT2D eigenvalue weighted by atomic mass is 32.1. The summed E-state index contributed by atoms with van der Waals surface area (Å²) in [4.78, 5) is 25.2. The highest BCUT2D eigenvalue weighted by molar-refractivity contribution is 7.10. The van der Waals surface area contributed by atoms with Crippen LogP contribution in [0.1, 0.15) is 22.9 Å². The van der Waals surface area contributed by atoms with Gasteiger partial charge in [0.05, 0.1) is 26.0 Å². The number of hydrogen-bond acceptors (Lipinski definition) is 4. The zero-order chi connectivity index (χ0) is 17.6. The Kier molecular flexibility index (Phi) is 5.46. The van der Waals surface area contributed by atoms with E-state index in [4.69, 9.17) is 4.74 Å². The molecule has 0 unspecified atom stereocenters. The Bertz CT molecular complexity index is 868. The third-order valence-corrected chi connectivity index (χ3v) is 5.04. The van der Waals surface area contributed by atoms with Crippen LogP contribution in [0.4, 0.5) is 0 Å². The van der Waals surface area contributed by atoms with E-state index in [1.807, 2.05) is 60.0 Å². The average Bonchev–Trinajstić information content (AvgIpc) is 3.16. The van der Waals surface area contributed by atoms with Crippen LogP contribution in [-0.2, 0) is 20.7 Å². The lowest BCUT2D eigenvalue weighted by Crippen LogP contribution is -2.31. The standard InChI is InChI=1S/C20H19NO3S/c1-24-20(23)13-17(18-10-5-11-25-18)21-19(22)12-15-8-4-7-14-6-2-3-9-16(14)15/h2-11,17H,12-13H2,1H3,(H,21,22)/t17-/m0/s1. The number of methoxy groups -OCH3 is 1. The number of hydrogen-bond donors (Lipinski definition) is 1. The van der Waals surface area contributed by atoms with Gasteiger partial charge in [-0.1, -0.05) is 48.5 Å². The van der Waals surface area contributed by atoms with E-state index < -0.39 is 0 Å². The average molecular weight is 353 g/mol. The number of ether oxygens (including phenoxy) is 1. The highest BCUT2D eigenvalue weighted by Gasteiger charge is 2.20. The zero-order valence-electron chi connectivity index (χ0n) is 13.9. The molecule has 1 heterocycles. The van der Waals surface area contributed by atoms with Gasteiger partial charge in [0.1, 0.15) is 0 Å². The van der Waals surface area contributed by atoms with Crippen LogP contribution in [0, 0.1) is 0 Å². The van der Waals surface area contributed by atoms with Crippen LogP contribution in [0.3, 0.4) is 0 Å². The van der Waals surface area contributed by atoms with E-state index in [2.05, 4.69) is 5.32 Å². The third-order valence-electron chi connectivity index (χ3n) is 4.05. The molecule has 0 fully saturated rings. The van der Waals surface area contributed by atoms with Gasteiger partial charge < -0.3 is 10.1 Å². The number of nitrogens with one attached hydrogen (secondary N) is 1. The number of esters is 1. The molecule has 1 N–H and O–H groups in total. The van der Waals surface area contributed by atoms with Crippen LogP contribution in [0.5, 0.6) is 0 Å². The first-order chi connectivity index (χ1) is 12.2. The van der Waals surface area contributed by atoms with E-state index in [9.17, 15) is 9.59 Å². The van der Waals surface area contributed by atoms with Gasteiger partial charge in [-0.3, -0.25) is 9.59 Å². The number of carbonyl (C=O) groups is 2. The first-order valence-electron chi connectivity index (χ1n) is 8.03. The quantitative estimate of drug-likeness (QED) is 0.685. The maximum absolute atomic E-state index is 12.6. The van der Waals surface area contributed by atoms with E-state index in [1.165, 1.54) is 18.4 Å². The minimum atomic E-state index is -0.366. The Hall–Kier alpha value is -2.66. The van der Waals surface area contributed by atoms with Crippen LogP contribution in [0.15, 0.2) is 60.0 Å². The van der Waals surface area contributed by atoms with Crippen LogP contribution in [0.25, 0.3) is 10.8 Å². The number of carbonyl (C=O) groups excluding carboxylic acids is 2. The second kappa shape index (κ2) is 7.94. The summed E-state index contributed by atoms with van der Waals surface area (Å²) in [5, 5.41) is 7.07. The summed E-state index contributed by atoms with van der Waals surface area (Å²) in [6.07, 6.45) is 0.392. The van der Waals surface area contributed by atoms with Gasteiger partial charge in [-0.15, -0.1) is 11.3 Å². The predicted molar refractivity (Wildman–Crippen MR) is 99.5 cm³/mol. The van der Waals surface area contributed by atoms with Gasteiger partial charge in [-0.05, 0) is 27.8 Å². The molecule has 0 aliphatic rings. The monoisotopic (exact) mass is 353 g/mol. The van der Waals surface area contributed by atoms with E-state index in [1.54, 1.807) is 0 Å². The van der Waals surface area contributed by atoms with Gasteiger partial charge >= 0.3 is 5.97 Å². The van der Waals surface area contributed by atoms with Crippen LogP contribution in [-0.4, -0.2) is 19.0 Å². The molecule has 4 nitrogen and oxygen atoms in total. The molecule has 25 heavy (non-hydrogen) atoms. The molecule has 5 heteroatoms. The molecule has 0 aliphatic carbocycles. The summed E-state index contributed by atoms with van der Waals surface area (Å²) >= 11 is 1.51. The van der Waals surface area contributed by atoms with Crippen molar-refractivity contribution in [3.63, 3.8) is 0 Å². The molecule has 0 spiro atoms. The van der Waals surface area contributed by atoms with Crippen LogP contribution >= 0.6 is 11.3 Å². The largest absolute Gasteiger partial charge is 0.469 e. The minimum absolute atomic E-state index is 0.112. The zero-order valence-corrected chi connectivity index (χ0v) is 14.7. The molecule has 1 amide bonds. The van der Waals surface area contributed by atoms with Crippen molar-refractivity contribution in [1.82, 2.24) is 5.32 Å². The number of thiophene rings is 1. The lowest BCUT2D eigenvalue weighted by Gasteiger charge is -2.17. The summed E-state index contributed by atoms with van der Waals surface area (Å²) in [7, 11) is 1.35. The summed E-state index contributed by atoms with van der Waals surface area (Å²) < 4.78 is 4.75. The van der Waals surface area contributed by atoms with Crippen molar-refractivity contribution < 1.29 is 14.3 Å². The number of amides is 1. The fourth-order valence-electron chi connectivity index (χ4n) is 2.83. The molecule has 3 aromatic rings. The van der Waals surface area contributed by atoms with E-state index in [0.29, 0.717) is 0 Å². The minimum Gasteiger partial charge on any atom is -0.469 e. The number of rotatable bonds is 6. The number of benzene rings is 2. The smallest absolute Gasteiger partial charge is 0.307 e. The fourth-order valence-corrected chi connectivity index (χ4v) is 3.61. The first kappa shape index (κ1) is 17.2. The molecule has 128 valence electrons. The Morgan fingerprint density at radius 2 is 1.88 bits per heavy atom. The molecular formula is C20H19NO3S. The summed E-state index contributed by atoms with van der Waals surface area (Å²) in [5.41, 5.74) is 0.971. The van der Waals surface area contributed by atoms with E-state index >= 15 is 0 Å². The van der Waals surface area contributed by atoms with Crippen LogP contribution < -0.4 is 5.32 Å². The predicted octanol–water partition coefficient (Wildman–Crippen LogP) is 3.86. The van der Waals surface area contributed by atoms with Crippen molar-refractivity contribution in [2.45, 2.75) is 18.9 Å². The number of fused-ring (bicyclic) bond motifs is 1. The molecule has 0 saturated carbocycles. The summed E-state index contributed by atoms with van der Waals surface area (Å²) in [6, 6.07) is 17.4. The first-order valence-corrected chi connectivity index (χ1v) is 8.91. The Morgan fingerprint density at radius 3 is 2.64 bits per heavy atom. The third kappa shape index (κ3) is 4.25.